The second kappa shape index (κ2) is 5.67. The van der Waals surface area contributed by atoms with Gasteiger partial charge in [-0.3, -0.25) is 4.68 Å². The van der Waals surface area contributed by atoms with E-state index < -0.39 is 17.7 Å². The summed E-state index contributed by atoms with van der Waals surface area (Å²) in [6, 6.07) is 3.02. The topological polar surface area (TPSA) is 29.9 Å². The number of hydrogen-bond acceptors (Lipinski definition) is 2. The molecule has 1 heterocycles. The van der Waals surface area contributed by atoms with Crippen molar-refractivity contribution in [3.63, 3.8) is 0 Å². The Morgan fingerprint density at radius 2 is 1.95 bits per heavy atom. The summed E-state index contributed by atoms with van der Waals surface area (Å²) >= 11 is 6.09. The van der Waals surface area contributed by atoms with Crippen LogP contribution in [0.25, 0.3) is 0 Å². The third kappa shape index (κ3) is 2.93. The Balaban J connectivity index is 2.51. The van der Waals surface area contributed by atoms with E-state index in [1.807, 2.05) is 6.92 Å². The average Bonchev–Trinajstić information content (AvgIpc) is 2.65. The summed E-state index contributed by atoms with van der Waals surface area (Å²) in [6.45, 7) is 2.54. The maximum atomic E-state index is 13.3. The highest BCUT2D eigenvalue weighted by Gasteiger charge is 2.21. The molecule has 0 radical (unpaired) electrons. The maximum absolute atomic E-state index is 13.3. The molecule has 0 fully saturated rings. The number of aromatic nitrogens is 2. The van der Waals surface area contributed by atoms with Gasteiger partial charge in [-0.2, -0.15) is 5.10 Å². The second-order valence-electron chi connectivity index (χ2n) is 4.19. The molecular formula is C13H14ClF2N3. The minimum atomic E-state index is -0.615. The SMILES string of the molecule is CCNC(c1cc(F)cc(F)c1)c1c(Cl)cnn1C. The van der Waals surface area contributed by atoms with Crippen LogP contribution in [0.2, 0.25) is 5.02 Å². The Hall–Kier alpha value is -1.46. The van der Waals surface area contributed by atoms with Crippen LogP contribution in [0.4, 0.5) is 8.78 Å². The fourth-order valence-electron chi connectivity index (χ4n) is 2.06. The van der Waals surface area contributed by atoms with Gasteiger partial charge in [0.15, 0.2) is 0 Å². The van der Waals surface area contributed by atoms with Gasteiger partial charge in [0.2, 0.25) is 0 Å². The number of hydrogen-bond donors (Lipinski definition) is 1. The van der Waals surface area contributed by atoms with Gasteiger partial charge >= 0.3 is 0 Å². The average molecular weight is 286 g/mol. The largest absolute Gasteiger partial charge is 0.305 e. The predicted octanol–water partition coefficient (Wildman–Crippen LogP) is 3.05. The van der Waals surface area contributed by atoms with E-state index in [-0.39, 0.29) is 0 Å². The van der Waals surface area contributed by atoms with E-state index in [1.165, 1.54) is 18.3 Å². The zero-order valence-corrected chi connectivity index (χ0v) is 11.4. The van der Waals surface area contributed by atoms with E-state index >= 15 is 0 Å². The molecule has 102 valence electrons. The van der Waals surface area contributed by atoms with Crippen molar-refractivity contribution in [1.82, 2.24) is 15.1 Å². The molecule has 0 aliphatic rings. The zero-order chi connectivity index (χ0) is 14.0. The molecule has 19 heavy (non-hydrogen) atoms. The number of halogens is 3. The predicted molar refractivity (Wildman–Crippen MR) is 70.1 cm³/mol. The quantitative estimate of drug-likeness (QED) is 0.936. The monoisotopic (exact) mass is 285 g/mol. The first-order chi connectivity index (χ1) is 9.02. The molecule has 0 bridgehead atoms. The van der Waals surface area contributed by atoms with Gasteiger partial charge in [0.05, 0.1) is 23.0 Å². The Labute approximate surface area is 115 Å². The van der Waals surface area contributed by atoms with Crippen LogP contribution in [0.15, 0.2) is 24.4 Å². The van der Waals surface area contributed by atoms with Crippen LogP contribution < -0.4 is 5.32 Å². The molecule has 1 aromatic heterocycles. The number of nitrogens with one attached hydrogen (secondary N) is 1. The molecule has 0 saturated carbocycles. The summed E-state index contributed by atoms with van der Waals surface area (Å²) in [6.07, 6.45) is 1.51. The maximum Gasteiger partial charge on any atom is 0.126 e. The number of rotatable bonds is 4. The lowest BCUT2D eigenvalue weighted by Gasteiger charge is -2.19. The first kappa shape index (κ1) is 14.0. The van der Waals surface area contributed by atoms with Crippen LogP contribution in [0, 0.1) is 11.6 Å². The Kier molecular flexibility index (Phi) is 4.17. The van der Waals surface area contributed by atoms with Gasteiger partial charge < -0.3 is 5.32 Å². The fourth-order valence-corrected chi connectivity index (χ4v) is 2.34. The third-order valence-electron chi connectivity index (χ3n) is 2.84. The lowest BCUT2D eigenvalue weighted by Crippen LogP contribution is -2.24. The van der Waals surface area contributed by atoms with Gasteiger partial charge in [-0.25, -0.2) is 8.78 Å². The molecule has 3 nitrogen and oxygen atoms in total. The van der Waals surface area contributed by atoms with Crippen LogP contribution >= 0.6 is 11.6 Å². The molecule has 1 unspecified atom stereocenters. The highest BCUT2D eigenvalue weighted by molar-refractivity contribution is 6.31. The van der Waals surface area contributed by atoms with E-state index in [4.69, 9.17) is 11.6 Å². The lowest BCUT2D eigenvalue weighted by molar-refractivity contribution is 0.547. The standard InChI is InChI=1S/C13H14ClF2N3/c1-3-17-12(13-11(14)7-18-19(13)2)8-4-9(15)6-10(16)5-8/h4-7,12,17H,3H2,1-2H3. The van der Waals surface area contributed by atoms with Crippen LogP contribution in [-0.4, -0.2) is 16.3 Å². The summed E-state index contributed by atoms with van der Waals surface area (Å²) in [7, 11) is 1.74. The molecule has 0 aliphatic heterocycles. The van der Waals surface area contributed by atoms with E-state index in [1.54, 1.807) is 11.7 Å². The molecule has 2 rings (SSSR count). The van der Waals surface area contributed by atoms with Crippen molar-refractivity contribution in [2.75, 3.05) is 6.54 Å². The van der Waals surface area contributed by atoms with Crippen LogP contribution in [0.3, 0.4) is 0 Å². The van der Waals surface area contributed by atoms with Crippen LogP contribution in [0.1, 0.15) is 24.2 Å². The first-order valence-corrected chi connectivity index (χ1v) is 6.27. The minimum absolute atomic E-state index is 0.407. The van der Waals surface area contributed by atoms with Gasteiger partial charge in [0, 0.05) is 13.1 Å². The molecule has 0 saturated heterocycles. The molecular weight excluding hydrogens is 272 g/mol. The molecule has 1 N–H and O–H groups in total. The normalized spacial score (nSPS) is 12.7. The van der Waals surface area contributed by atoms with Crippen molar-refractivity contribution in [3.05, 3.63) is 52.3 Å². The molecule has 0 amide bonds. The molecule has 6 heteroatoms. The molecule has 0 aliphatic carbocycles. The summed E-state index contributed by atoms with van der Waals surface area (Å²) < 4.78 is 28.3. The van der Waals surface area contributed by atoms with Crippen LogP contribution in [0.5, 0.6) is 0 Å². The van der Waals surface area contributed by atoms with E-state index in [2.05, 4.69) is 10.4 Å². The van der Waals surface area contributed by atoms with Crippen molar-refractivity contribution >= 4 is 11.6 Å². The molecule has 1 atom stereocenters. The van der Waals surface area contributed by atoms with E-state index in [9.17, 15) is 8.78 Å². The van der Waals surface area contributed by atoms with Gasteiger partial charge in [0.25, 0.3) is 0 Å². The van der Waals surface area contributed by atoms with Gasteiger partial charge in [-0.15, -0.1) is 0 Å². The van der Waals surface area contributed by atoms with Crippen molar-refractivity contribution in [2.24, 2.45) is 7.05 Å². The van der Waals surface area contributed by atoms with E-state index in [0.29, 0.717) is 22.8 Å². The summed E-state index contributed by atoms with van der Waals surface area (Å²) in [4.78, 5) is 0. The molecule has 2 aromatic rings. The second-order valence-corrected chi connectivity index (χ2v) is 4.60. The highest BCUT2D eigenvalue weighted by atomic mass is 35.5. The summed E-state index contributed by atoms with van der Waals surface area (Å²) in [5, 5.41) is 7.66. The summed E-state index contributed by atoms with van der Waals surface area (Å²) in [5.41, 5.74) is 1.15. The van der Waals surface area contributed by atoms with Crippen molar-refractivity contribution in [1.29, 1.82) is 0 Å². The van der Waals surface area contributed by atoms with Crippen molar-refractivity contribution in [3.8, 4) is 0 Å². The Morgan fingerprint density at radius 3 is 2.42 bits per heavy atom. The van der Waals surface area contributed by atoms with Gasteiger partial charge in [0.1, 0.15) is 11.6 Å². The number of aryl methyl sites for hydroxylation is 1. The van der Waals surface area contributed by atoms with Crippen molar-refractivity contribution < 1.29 is 8.78 Å². The van der Waals surface area contributed by atoms with Gasteiger partial charge in [-0.05, 0) is 24.2 Å². The number of nitrogens with zero attached hydrogens (tertiary/aromatic N) is 2. The van der Waals surface area contributed by atoms with Gasteiger partial charge in [-0.1, -0.05) is 18.5 Å². The van der Waals surface area contributed by atoms with Crippen molar-refractivity contribution in [2.45, 2.75) is 13.0 Å². The number of benzene rings is 1. The lowest BCUT2D eigenvalue weighted by atomic mass is 10.0. The highest BCUT2D eigenvalue weighted by Crippen LogP contribution is 2.28. The summed E-state index contributed by atoms with van der Waals surface area (Å²) in [5.74, 6) is -1.23. The fraction of sp³-hybridized carbons (Fsp3) is 0.308. The third-order valence-corrected chi connectivity index (χ3v) is 3.13. The van der Waals surface area contributed by atoms with E-state index in [0.717, 1.165) is 6.07 Å². The Bertz CT molecular complexity index is 544. The zero-order valence-electron chi connectivity index (χ0n) is 10.6. The Morgan fingerprint density at radius 1 is 1.32 bits per heavy atom. The smallest absolute Gasteiger partial charge is 0.126 e. The molecule has 0 spiro atoms. The first-order valence-electron chi connectivity index (χ1n) is 5.89. The van der Waals surface area contributed by atoms with Crippen LogP contribution in [-0.2, 0) is 7.05 Å². The minimum Gasteiger partial charge on any atom is -0.305 e. The molecule has 1 aromatic carbocycles.